The molecule has 5 nitrogen and oxygen atoms in total. The van der Waals surface area contributed by atoms with Crippen LogP contribution in [0.3, 0.4) is 0 Å². The number of carbonyl (C=O) groups excluding carboxylic acids is 3. The highest BCUT2D eigenvalue weighted by Crippen LogP contribution is 2.24. The van der Waals surface area contributed by atoms with Crippen molar-refractivity contribution >= 4 is 45.4 Å². The Labute approximate surface area is 128 Å². The second kappa shape index (κ2) is 5.76. The van der Waals surface area contributed by atoms with E-state index in [0.717, 1.165) is 4.90 Å². The van der Waals surface area contributed by atoms with Crippen LogP contribution in [0.25, 0.3) is 0 Å². The smallest absolute Gasteiger partial charge is 0.277 e. The molecule has 0 saturated carbocycles. The molecule has 1 fully saturated rings. The molecule has 104 valence electrons. The van der Waals surface area contributed by atoms with Crippen molar-refractivity contribution in [2.45, 2.75) is 5.92 Å². The lowest BCUT2D eigenvalue weighted by Gasteiger charge is -2.30. The maximum atomic E-state index is 12.3. The first-order valence-electron chi connectivity index (χ1n) is 5.65. The molecule has 1 heterocycles. The van der Waals surface area contributed by atoms with Crippen LogP contribution in [0.15, 0.2) is 35.3 Å². The highest BCUT2D eigenvalue weighted by Gasteiger charge is 2.41. The van der Waals surface area contributed by atoms with Crippen LogP contribution in [0.2, 0.25) is 5.02 Å². The van der Waals surface area contributed by atoms with Gasteiger partial charge in [-0.25, -0.2) is 4.79 Å². The van der Waals surface area contributed by atoms with Crippen molar-refractivity contribution < 1.29 is 14.4 Å². The van der Waals surface area contributed by atoms with Crippen LogP contribution < -0.4 is 5.32 Å². The van der Waals surface area contributed by atoms with Crippen molar-refractivity contribution in [2.24, 2.45) is 0 Å². The molecule has 1 N–H and O–H groups in total. The van der Waals surface area contributed by atoms with Crippen molar-refractivity contribution in [3.63, 3.8) is 0 Å². The number of carbonyl (C=O) groups is 3. The number of amides is 4. The molecule has 0 aromatic heterocycles. The Morgan fingerprint density at radius 1 is 1.30 bits per heavy atom. The van der Waals surface area contributed by atoms with Crippen molar-refractivity contribution in [3.8, 4) is 0 Å². The molecular formula is C13H10BrClN2O3. The van der Waals surface area contributed by atoms with Gasteiger partial charge in [-0.05, 0) is 17.7 Å². The first-order chi connectivity index (χ1) is 9.40. The average molecular weight is 358 g/mol. The van der Waals surface area contributed by atoms with E-state index in [-0.39, 0.29) is 6.54 Å². The number of urea groups is 1. The van der Waals surface area contributed by atoms with Crippen LogP contribution in [0.1, 0.15) is 11.5 Å². The molecule has 1 aliphatic rings. The van der Waals surface area contributed by atoms with E-state index < -0.39 is 23.8 Å². The highest BCUT2D eigenvalue weighted by molar-refractivity contribution is 9.11. The topological polar surface area (TPSA) is 66.5 Å². The van der Waals surface area contributed by atoms with Gasteiger partial charge in [0.05, 0.1) is 6.54 Å². The van der Waals surface area contributed by atoms with Gasteiger partial charge in [-0.3, -0.25) is 19.8 Å². The normalized spacial score (nSPS) is 19.0. The summed E-state index contributed by atoms with van der Waals surface area (Å²) in [6.07, 6.45) is 0. The van der Waals surface area contributed by atoms with E-state index in [4.69, 9.17) is 11.6 Å². The lowest BCUT2D eigenvalue weighted by Crippen LogP contribution is -2.57. The summed E-state index contributed by atoms with van der Waals surface area (Å²) >= 11 is 8.87. The number of benzene rings is 1. The minimum atomic E-state index is -1.06. The van der Waals surface area contributed by atoms with Crippen molar-refractivity contribution in [1.82, 2.24) is 10.2 Å². The zero-order chi connectivity index (χ0) is 14.9. The van der Waals surface area contributed by atoms with Crippen LogP contribution in [-0.2, 0) is 9.59 Å². The second-order valence-electron chi connectivity index (χ2n) is 4.22. The molecule has 1 aromatic carbocycles. The number of nitrogens with zero attached hydrogens (tertiary/aromatic N) is 1. The van der Waals surface area contributed by atoms with E-state index in [9.17, 15) is 14.4 Å². The van der Waals surface area contributed by atoms with Gasteiger partial charge in [0.25, 0.3) is 0 Å². The van der Waals surface area contributed by atoms with Gasteiger partial charge in [0.15, 0.2) is 0 Å². The van der Waals surface area contributed by atoms with Crippen LogP contribution in [0.4, 0.5) is 4.79 Å². The summed E-state index contributed by atoms with van der Waals surface area (Å²) < 4.78 is 0.463. The number of imide groups is 2. The van der Waals surface area contributed by atoms with Gasteiger partial charge >= 0.3 is 6.03 Å². The summed E-state index contributed by atoms with van der Waals surface area (Å²) in [6.45, 7) is 3.59. The van der Waals surface area contributed by atoms with Gasteiger partial charge in [0.1, 0.15) is 5.92 Å². The summed E-state index contributed by atoms with van der Waals surface area (Å²) in [7, 11) is 0. The first kappa shape index (κ1) is 14.7. The Morgan fingerprint density at radius 2 is 1.90 bits per heavy atom. The number of rotatable bonds is 3. The summed E-state index contributed by atoms with van der Waals surface area (Å²) in [6, 6.07) is 5.59. The van der Waals surface area contributed by atoms with E-state index in [1.54, 1.807) is 24.3 Å². The van der Waals surface area contributed by atoms with Gasteiger partial charge in [-0.2, -0.15) is 0 Å². The molecule has 2 rings (SSSR count). The maximum absolute atomic E-state index is 12.3. The second-order valence-corrected chi connectivity index (χ2v) is 5.78. The molecular weight excluding hydrogens is 348 g/mol. The van der Waals surface area contributed by atoms with Gasteiger partial charge < -0.3 is 0 Å². The third-order valence-corrected chi connectivity index (χ3v) is 3.29. The zero-order valence-electron chi connectivity index (χ0n) is 10.2. The molecule has 1 atom stereocenters. The van der Waals surface area contributed by atoms with Crippen molar-refractivity contribution in [3.05, 3.63) is 45.9 Å². The standard InChI is InChI=1S/C13H10BrClN2O3/c1-7(14)6-17-12(19)10(11(18)16-13(17)20)8-2-4-9(15)5-3-8/h2-5,10H,1,6H2,(H,16,18,20). The molecule has 0 radical (unpaired) electrons. The Morgan fingerprint density at radius 3 is 2.45 bits per heavy atom. The minimum absolute atomic E-state index is 0.00202. The van der Waals surface area contributed by atoms with Gasteiger partial charge in [0.2, 0.25) is 11.8 Å². The summed E-state index contributed by atoms with van der Waals surface area (Å²) in [4.78, 5) is 36.8. The predicted molar refractivity (Wildman–Crippen MR) is 77.5 cm³/mol. The SMILES string of the molecule is C=C(Br)CN1C(=O)NC(=O)C(c2ccc(Cl)cc2)C1=O. The van der Waals surface area contributed by atoms with Crippen LogP contribution in [0, 0.1) is 0 Å². The fourth-order valence-corrected chi connectivity index (χ4v) is 2.26. The van der Waals surface area contributed by atoms with Crippen molar-refractivity contribution in [1.29, 1.82) is 0 Å². The number of halogens is 2. The van der Waals surface area contributed by atoms with E-state index in [0.29, 0.717) is 15.1 Å². The lowest BCUT2D eigenvalue weighted by atomic mass is 9.95. The molecule has 0 aliphatic carbocycles. The largest absolute Gasteiger partial charge is 0.331 e. The molecule has 20 heavy (non-hydrogen) atoms. The molecule has 0 bridgehead atoms. The summed E-state index contributed by atoms with van der Waals surface area (Å²) in [5, 5.41) is 2.66. The van der Waals surface area contributed by atoms with Crippen LogP contribution in [0.5, 0.6) is 0 Å². The fourth-order valence-electron chi connectivity index (χ4n) is 1.88. The minimum Gasteiger partial charge on any atom is -0.277 e. The van der Waals surface area contributed by atoms with Gasteiger partial charge in [0, 0.05) is 9.51 Å². The number of hydrogen-bond acceptors (Lipinski definition) is 3. The Balaban J connectivity index is 2.34. The molecule has 0 spiro atoms. The predicted octanol–water partition coefficient (Wildman–Crippen LogP) is 2.41. The number of barbiturate groups is 1. The third-order valence-electron chi connectivity index (χ3n) is 2.78. The molecule has 1 aliphatic heterocycles. The van der Waals surface area contributed by atoms with E-state index >= 15 is 0 Å². The Hall–Kier alpha value is -1.66. The third kappa shape index (κ3) is 2.91. The van der Waals surface area contributed by atoms with Gasteiger partial charge in [-0.1, -0.05) is 46.2 Å². The number of nitrogens with one attached hydrogen (secondary N) is 1. The Kier molecular flexibility index (Phi) is 4.25. The average Bonchev–Trinajstić information content (AvgIpc) is 2.36. The monoisotopic (exact) mass is 356 g/mol. The van der Waals surface area contributed by atoms with Crippen molar-refractivity contribution in [2.75, 3.05) is 6.54 Å². The summed E-state index contributed by atoms with van der Waals surface area (Å²) in [5.74, 6) is -2.28. The maximum Gasteiger partial charge on any atom is 0.331 e. The quantitative estimate of drug-likeness (QED) is 0.845. The summed E-state index contributed by atoms with van der Waals surface area (Å²) in [5.41, 5.74) is 0.481. The fraction of sp³-hybridized carbons (Fsp3) is 0.154. The van der Waals surface area contributed by atoms with E-state index in [1.165, 1.54) is 0 Å². The molecule has 1 saturated heterocycles. The lowest BCUT2D eigenvalue weighted by molar-refractivity contribution is -0.138. The van der Waals surface area contributed by atoms with Crippen LogP contribution in [-0.4, -0.2) is 29.3 Å². The number of hydrogen-bond donors (Lipinski definition) is 1. The van der Waals surface area contributed by atoms with E-state index in [2.05, 4.69) is 27.8 Å². The molecule has 1 aromatic rings. The highest BCUT2D eigenvalue weighted by atomic mass is 79.9. The molecule has 4 amide bonds. The van der Waals surface area contributed by atoms with E-state index in [1.807, 2.05) is 0 Å². The van der Waals surface area contributed by atoms with Crippen LogP contribution >= 0.6 is 27.5 Å². The Bertz CT molecular complexity index is 600. The molecule has 7 heteroatoms. The molecule has 1 unspecified atom stereocenters. The zero-order valence-corrected chi connectivity index (χ0v) is 12.6. The first-order valence-corrected chi connectivity index (χ1v) is 6.82. The van der Waals surface area contributed by atoms with Gasteiger partial charge in [-0.15, -0.1) is 0 Å².